The number of nitrogens with zero attached hydrogens (tertiary/aromatic N) is 1. The Labute approximate surface area is 97.0 Å². The van der Waals surface area contributed by atoms with Crippen molar-refractivity contribution in [3.05, 3.63) is 29.8 Å². The van der Waals surface area contributed by atoms with Crippen LogP contribution in [0.25, 0.3) is 0 Å². The smallest absolute Gasteiger partial charge is 0.101 e. The van der Waals surface area contributed by atoms with E-state index >= 15 is 0 Å². The molecule has 1 atom stereocenters. The fraction of sp³-hybridized carbons (Fsp3) is 0.462. The quantitative estimate of drug-likeness (QED) is 0.826. The van der Waals surface area contributed by atoms with Gasteiger partial charge in [-0.25, -0.2) is 0 Å². The van der Waals surface area contributed by atoms with Crippen LogP contribution in [-0.2, 0) is 4.74 Å². The number of methoxy groups -OCH3 is 1. The normalized spacial score (nSPS) is 12.2. The third-order valence-corrected chi connectivity index (χ3v) is 2.54. The molecule has 0 aliphatic heterocycles. The lowest BCUT2D eigenvalue weighted by Gasteiger charge is -2.23. The number of rotatable bonds is 5. The second-order valence-corrected chi connectivity index (χ2v) is 4.11. The summed E-state index contributed by atoms with van der Waals surface area (Å²) < 4.78 is 5.17. The Balaban J connectivity index is 2.81. The molecule has 0 spiro atoms. The average Bonchev–Trinajstić information content (AvgIpc) is 2.29. The first-order valence-electron chi connectivity index (χ1n) is 5.43. The van der Waals surface area contributed by atoms with Gasteiger partial charge in [0, 0.05) is 7.11 Å². The zero-order valence-electron chi connectivity index (χ0n) is 10.0. The summed E-state index contributed by atoms with van der Waals surface area (Å²) in [7, 11) is 1.69. The van der Waals surface area contributed by atoms with Gasteiger partial charge in [-0.05, 0) is 18.1 Å². The molecule has 16 heavy (non-hydrogen) atoms. The molecule has 0 aliphatic carbocycles. The molecule has 0 radical (unpaired) electrons. The molecule has 3 nitrogen and oxygen atoms in total. The van der Waals surface area contributed by atoms with Gasteiger partial charge < -0.3 is 10.1 Å². The van der Waals surface area contributed by atoms with Crippen molar-refractivity contribution in [1.82, 2.24) is 0 Å². The predicted octanol–water partition coefficient (Wildman–Crippen LogP) is 2.64. The van der Waals surface area contributed by atoms with E-state index in [1.54, 1.807) is 7.11 Å². The van der Waals surface area contributed by atoms with Gasteiger partial charge in [0.2, 0.25) is 0 Å². The van der Waals surface area contributed by atoms with Gasteiger partial charge in [0.15, 0.2) is 0 Å². The Morgan fingerprint density at radius 2 is 2.06 bits per heavy atom. The van der Waals surface area contributed by atoms with Crippen LogP contribution in [0.1, 0.15) is 19.4 Å². The van der Waals surface area contributed by atoms with Crippen LogP contribution < -0.4 is 5.32 Å². The van der Waals surface area contributed by atoms with Crippen LogP contribution in [0, 0.1) is 17.2 Å². The maximum Gasteiger partial charge on any atom is 0.101 e. The van der Waals surface area contributed by atoms with E-state index in [9.17, 15) is 0 Å². The molecule has 1 N–H and O–H groups in total. The van der Waals surface area contributed by atoms with Crippen LogP contribution in [0.5, 0.6) is 0 Å². The number of ether oxygens (including phenoxy) is 1. The van der Waals surface area contributed by atoms with Crippen molar-refractivity contribution < 1.29 is 4.74 Å². The van der Waals surface area contributed by atoms with E-state index in [2.05, 4.69) is 25.2 Å². The number of nitrogens with one attached hydrogen (secondary N) is 1. The van der Waals surface area contributed by atoms with E-state index in [0.717, 1.165) is 5.69 Å². The minimum atomic E-state index is 0.222. The highest BCUT2D eigenvalue weighted by molar-refractivity contribution is 5.57. The summed E-state index contributed by atoms with van der Waals surface area (Å²) in [6.45, 7) is 4.90. The molecule has 0 fully saturated rings. The first-order valence-corrected chi connectivity index (χ1v) is 5.43. The van der Waals surface area contributed by atoms with Gasteiger partial charge in [-0.15, -0.1) is 0 Å². The van der Waals surface area contributed by atoms with Gasteiger partial charge >= 0.3 is 0 Å². The molecule has 0 aromatic heterocycles. The number of hydrogen-bond donors (Lipinski definition) is 1. The van der Waals surface area contributed by atoms with Gasteiger partial charge in [0.25, 0.3) is 0 Å². The molecular weight excluding hydrogens is 200 g/mol. The number of benzene rings is 1. The molecule has 0 aliphatic rings. The zero-order valence-corrected chi connectivity index (χ0v) is 10.0. The SMILES string of the molecule is COCC(Nc1ccccc1C#N)C(C)C. The van der Waals surface area contributed by atoms with E-state index in [1.165, 1.54) is 0 Å². The molecule has 3 heteroatoms. The minimum absolute atomic E-state index is 0.222. The fourth-order valence-electron chi connectivity index (χ4n) is 1.49. The highest BCUT2D eigenvalue weighted by atomic mass is 16.5. The van der Waals surface area contributed by atoms with Gasteiger partial charge in [0.05, 0.1) is 23.9 Å². The summed E-state index contributed by atoms with van der Waals surface area (Å²) in [5.74, 6) is 0.451. The molecule has 1 unspecified atom stereocenters. The molecular formula is C13H18N2O. The lowest BCUT2D eigenvalue weighted by molar-refractivity contribution is 0.171. The van der Waals surface area contributed by atoms with Crippen molar-refractivity contribution in [3.63, 3.8) is 0 Å². The second-order valence-electron chi connectivity index (χ2n) is 4.11. The Bertz CT molecular complexity index is 368. The number of anilines is 1. The van der Waals surface area contributed by atoms with E-state index < -0.39 is 0 Å². The van der Waals surface area contributed by atoms with E-state index in [4.69, 9.17) is 10.00 Å². The van der Waals surface area contributed by atoms with Crippen LogP contribution in [0.4, 0.5) is 5.69 Å². The molecule has 86 valence electrons. The van der Waals surface area contributed by atoms with Crippen LogP contribution in [0.3, 0.4) is 0 Å². The third kappa shape index (κ3) is 3.25. The topological polar surface area (TPSA) is 45.0 Å². The van der Waals surface area contributed by atoms with E-state index in [0.29, 0.717) is 18.1 Å². The van der Waals surface area contributed by atoms with Crippen molar-refractivity contribution in [2.24, 2.45) is 5.92 Å². The first-order chi connectivity index (χ1) is 7.69. The van der Waals surface area contributed by atoms with Gasteiger partial charge in [-0.2, -0.15) is 5.26 Å². The molecule has 1 rings (SSSR count). The lowest BCUT2D eigenvalue weighted by atomic mass is 10.0. The fourth-order valence-corrected chi connectivity index (χ4v) is 1.49. The Hall–Kier alpha value is -1.53. The van der Waals surface area contributed by atoms with Crippen molar-refractivity contribution in [2.45, 2.75) is 19.9 Å². The highest BCUT2D eigenvalue weighted by Crippen LogP contribution is 2.17. The molecule has 1 aromatic rings. The first kappa shape index (κ1) is 12.5. The predicted molar refractivity (Wildman–Crippen MR) is 65.3 cm³/mol. The summed E-state index contributed by atoms with van der Waals surface area (Å²) >= 11 is 0. The largest absolute Gasteiger partial charge is 0.383 e. The average molecular weight is 218 g/mol. The van der Waals surface area contributed by atoms with Crippen LogP contribution >= 0.6 is 0 Å². The maximum atomic E-state index is 8.98. The van der Waals surface area contributed by atoms with Crippen LogP contribution in [0.15, 0.2) is 24.3 Å². The standard InChI is InChI=1S/C13H18N2O/c1-10(2)13(9-16-3)15-12-7-5-4-6-11(12)8-14/h4-7,10,13,15H,9H2,1-3H3. The minimum Gasteiger partial charge on any atom is -0.383 e. The molecule has 0 saturated heterocycles. The summed E-state index contributed by atoms with van der Waals surface area (Å²) in [5, 5.41) is 12.3. The summed E-state index contributed by atoms with van der Waals surface area (Å²) in [5.41, 5.74) is 1.55. The molecule has 0 saturated carbocycles. The Morgan fingerprint density at radius 3 is 2.62 bits per heavy atom. The Kier molecular flexibility index (Phi) is 4.81. The highest BCUT2D eigenvalue weighted by Gasteiger charge is 2.14. The molecule has 0 bridgehead atoms. The van der Waals surface area contributed by atoms with Crippen molar-refractivity contribution in [1.29, 1.82) is 5.26 Å². The summed E-state index contributed by atoms with van der Waals surface area (Å²) in [6.07, 6.45) is 0. The van der Waals surface area contributed by atoms with Crippen LogP contribution in [-0.4, -0.2) is 19.8 Å². The van der Waals surface area contributed by atoms with E-state index in [1.807, 2.05) is 24.3 Å². The number of para-hydroxylation sites is 1. The summed E-state index contributed by atoms with van der Waals surface area (Å²) in [6, 6.07) is 9.92. The van der Waals surface area contributed by atoms with Gasteiger partial charge in [-0.3, -0.25) is 0 Å². The van der Waals surface area contributed by atoms with E-state index in [-0.39, 0.29) is 6.04 Å². The van der Waals surface area contributed by atoms with Crippen LogP contribution in [0.2, 0.25) is 0 Å². The Morgan fingerprint density at radius 1 is 1.38 bits per heavy atom. The van der Waals surface area contributed by atoms with Crippen molar-refractivity contribution >= 4 is 5.69 Å². The summed E-state index contributed by atoms with van der Waals surface area (Å²) in [4.78, 5) is 0. The van der Waals surface area contributed by atoms with Crippen molar-refractivity contribution in [2.75, 3.05) is 19.0 Å². The number of hydrogen-bond acceptors (Lipinski definition) is 3. The third-order valence-electron chi connectivity index (χ3n) is 2.54. The number of nitriles is 1. The lowest BCUT2D eigenvalue weighted by Crippen LogP contribution is -2.30. The molecule has 0 amide bonds. The maximum absolute atomic E-state index is 8.98. The molecule has 1 aromatic carbocycles. The molecule has 0 heterocycles. The monoisotopic (exact) mass is 218 g/mol. The van der Waals surface area contributed by atoms with Gasteiger partial charge in [0.1, 0.15) is 6.07 Å². The van der Waals surface area contributed by atoms with Crippen molar-refractivity contribution in [3.8, 4) is 6.07 Å². The second kappa shape index (κ2) is 6.14. The zero-order chi connectivity index (χ0) is 12.0. The van der Waals surface area contributed by atoms with Gasteiger partial charge in [-0.1, -0.05) is 26.0 Å².